The van der Waals surface area contributed by atoms with Crippen LogP contribution in [0.5, 0.6) is 0 Å². The number of hydrogen-bond acceptors (Lipinski definition) is 4. The summed E-state index contributed by atoms with van der Waals surface area (Å²) in [5.41, 5.74) is 2.26. The molecule has 0 spiro atoms. The van der Waals surface area contributed by atoms with Crippen LogP contribution in [-0.2, 0) is 13.2 Å². The minimum atomic E-state index is -0.0128. The highest BCUT2D eigenvalue weighted by molar-refractivity contribution is 5.52. The lowest BCUT2D eigenvalue weighted by atomic mass is 10.3. The first-order valence-corrected chi connectivity index (χ1v) is 4.79. The van der Waals surface area contributed by atoms with E-state index in [2.05, 4.69) is 15.1 Å². The van der Waals surface area contributed by atoms with Gasteiger partial charge >= 0.3 is 0 Å². The van der Waals surface area contributed by atoms with Crippen LogP contribution in [0.15, 0.2) is 24.7 Å². The molecule has 2 aromatic heterocycles. The molecule has 0 atom stereocenters. The Hall–Kier alpha value is -1.75. The van der Waals surface area contributed by atoms with E-state index < -0.39 is 0 Å². The van der Waals surface area contributed by atoms with E-state index in [0.29, 0.717) is 0 Å². The highest BCUT2D eigenvalue weighted by Crippen LogP contribution is 2.15. The Morgan fingerprint density at radius 1 is 1.33 bits per heavy atom. The van der Waals surface area contributed by atoms with Crippen LogP contribution in [0.25, 0.3) is 11.4 Å². The number of hydrogen-bond donors (Lipinski definition) is 1. The summed E-state index contributed by atoms with van der Waals surface area (Å²) in [7, 11) is 0. The van der Waals surface area contributed by atoms with Gasteiger partial charge in [-0.2, -0.15) is 5.10 Å². The van der Waals surface area contributed by atoms with Gasteiger partial charge in [0.1, 0.15) is 11.4 Å². The SMILES string of the molecule is CCn1nc(-c2cnccn2)cc1CO. The van der Waals surface area contributed by atoms with E-state index in [9.17, 15) is 0 Å². The second kappa shape index (κ2) is 4.18. The number of aryl methyl sites for hydroxylation is 1. The lowest BCUT2D eigenvalue weighted by Crippen LogP contribution is -2.02. The summed E-state index contributed by atoms with van der Waals surface area (Å²) in [5, 5.41) is 13.4. The van der Waals surface area contributed by atoms with Crippen molar-refractivity contribution in [1.29, 1.82) is 0 Å². The molecule has 0 aromatic carbocycles. The normalized spacial score (nSPS) is 10.5. The Morgan fingerprint density at radius 3 is 2.73 bits per heavy atom. The van der Waals surface area contributed by atoms with Gasteiger partial charge in [-0.15, -0.1) is 0 Å². The fourth-order valence-corrected chi connectivity index (χ4v) is 1.41. The molecular weight excluding hydrogens is 192 g/mol. The predicted octanol–water partition coefficient (Wildman–Crippen LogP) is 0.852. The van der Waals surface area contributed by atoms with E-state index in [4.69, 9.17) is 5.11 Å². The average molecular weight is 204 g/mol. The second-order valence-corrected chi connectivity index (χ2v) is 3.09. The van der Waals surface area contributed by atoms with E-state index in [-0.39, 0.29) is 6.61 Å². The van der Waals surface area contributed by atoms with Crippen LogP contribution in [0.2, 0.25) is 0 Å². The smallest absolute Gasteiger partial charge is 0.113 e. The average Bonchev–Trinajstić information content (AvgIpc) is 2.73. The molecule has 0 amide bonds. The van der Waals surface area contributed by atoms with Crippen molar-refractivity contribution in [2.75, 3.05) is 0 Å². The molecule has 0 aliphatic rings. The first-order chi connectivity index (χ1) is 7.35. The zero-order valence-electron chi connectivity index (χ0n) is 8.46. The third-order valence-electron chi connectivity index (χ3n) is 2.15. The number of nitrogens with zero attached hydrogens (tertiary/aromatic N) is 4. The largest absolute Gasteiger partial charge is 0.390 e. The highest BCUT2D eigenvalue weighted by Gasteiger charge is 2.08. The van der Waals surface area contributed by atoms with E-state index in [0.717, 1.165) is 23.6 Å². The molecule has 0 fully saturated rings. The first kappa shape index (κ1) is 9.79. The van der Waals surface area contributed by atoms with Gasteiger partial charge in [-0.1, -0.05) is 0 Å². The molecular formula is C10H12N4O. The van der Waals surface area contributed by atoms with Crippen LogP contribution in [-0.4, -0.2) is 24.9 Å². The molecule has 2 rings (SSSR count). The Labute approximate surface area is 87.4 Å². The molecule has 0 unspecified atom stereocenters. The van der Waals surface area contributed by atoms with Crippen LogP contribution in [0.1, 0.15) is 12.6 Å². The van der Waals surface area contributed by atoms with Crippen molar-refractivity contribution in [1.82, 2.24) is 19.7 Å². The third kappa shape index (κ3) is 1.87. The maximum absolute atomic E-state index is 9.11. The zero-order chi connectivity index (χ0) is 10.7. The monoisotopic (exact) mass is 204 g/mol. The minimum Gasteiger partial charge on any atom is -0.390 e. The molecule has 78 valence electrons. The molecule has 0 saturated heterocycles. The standard InChI is InChI=1S/C10H12N4O/c1-2-14-8(7-15)5-9(13-14)10-6-11-3-4-12-10/h3-6,15H,2,7H2,1H3. The van der Waals surface area contributed by atoms with E-state index >= 15 is 0 Å². The Bertz CT molecular complexity index is 416. The van der Waals surface area contributed by atoms with Gasteiger partial charge in [0.2, 0.25) is 0 Å². The van der Waals surface area contributed by atoms with Crippen molar-refractivity contribution in [3.8, 4) is 11.4 Å². The second-order valence-electron chi connectivity index (χ2n) is 3.09. The minimum absolute atomic E-state index is 0.0128. The summed E-state index contributed by atoms with van der Waals surface area (Å²) >= 11 is 0. The van der Waals surface area contributed by atoms with Gasteiger partial charge in [0, 0.05) is 18.9 Å². The summed E-state index contributed by atoms with van der Waals surface area (Å²) in [5.74, 6) is 0. The summed E-state index contributed by atoms with van der Waals surface area (Å²) in [6, 6.07) is 1.83. The van der Waals surface area contributed by atoms with Gasteiger partial charge in [0.05, 0.1) is 18.5 Å². The molecule has 15 heavy (non-hydrogen) atoms. The molecule has 5 nitrogen and oxygen atoms in total. The zero-order valence-corrected chi connectivity index (χ0v) is 8.46. The Balaban J connectivity index is 2.42. The van der Waals surface area contributed by atoms with Crippen molar-refractivity contribution in [3.63, 3.8) is 0 Å². The van der Waals surface area contributed by atoms with Gasteiger partial charge in [0.25, 0.3) is 0 Å². The molecule has 2 aromatic rings. The summed E-state index contributed by atoms with van der Waals surface area (Å²) in [6.07, 6.45) is 4.90. The van der Waals surface area contributed by atoms with Crippen LogP contribution in [0.3, 0.4) is 0 Å². The fraction of sp³-hybridized carbons (Fsp3) is 0.300. The number of rotatable bonds is 3. The number of aliphatic hydroxyl groups is 1. The van der Waals surface area contributed by atoms with Crippen molar-refractivity contribution in [3.05, 3.63) is 30.4 Å². The number of aliphatic hydroxyl groups excluding tert-OH is 1. The number of aromatic nitrogens is 4. The molecule has 0 aliphatic carbocycles. The molecule has 0 saturated carbocycles. The molecule has 2 heterocycles. The molecule has 0 bridgehead atoms. The van der Waals surface area contributed by atoms with Gasteiger partial charge in [-0.3, -0.25) is 14.6 Å². The van der Waals surface area contributed by atoms with Crippen LogP contribution in [0.4, 0.5) is 0 Å². The highest BCUT2D eigenvalue weighted by atomic mass is 16.3. The Morgan fingerprint density at radius 2 is 2.20 bits per heavy atom. The molecule has 1 N–H and O–H groups in total. The lowest BCUT2D eigenvalue weighted by molar-refractivity contribution is 0.268. The van der Waals surface area contributed by atoms with E-state index in [1.165, 1.54) is 0 Å². The van der Waals surface area contributed by atoms with Crippen LogP contribution < -0.4 is 0 Å². The lowest BCUT2D eigenvalue weighted by Gasteiger charge is -1.98. The first-order valence-electron chi connectivity index (χ1n) is 4.79. The van der Waals surface area contributed by atoms with E-state index in [1.807, 2.05) is 13.0 Å². The predicted molar refractivity (Wildman–Crippen MR) is 54.8 cm³/mol. The molecule has 5 heteroatoms. The van der Waals surface area contributed by atoms with Gasteiger partial charge in [-0.05, 0) is 13.0 Å². The summed E-state index contributed by atoms with van der Waals surface area (Å²) in [6.45, 7) is 2.70. The maximum Gasteiger partial charge on any atom is 0.113 e. The van der Waals surface area contributed by atoms with Crippen LogP contribution in [0, 0.1) is 0 Å². The van der Waals surface area contributed by atoms with Gasteiger partial charge < -0.3 is 5.11 Å². The quantitative estimate of drug-likeness (QED) is 0.805. The maximum atomic E-state index is 9.11. The van der Waals surface area contributed by atoms with Crippen molar-refractivity contribution < 1.29 is 5.11 Å². The fourth-order valence-electron chi connectivity index (χ4n) is 1.41. The van der Waals surface area contributed by atoms with Crippen molar-refractivity contribution in [2.24, 2.45) is 0 Å². The molecule has 0 radical (unpaired) electrons. The molecule has 0 aliphatic heterocycles. The van der Waals surface area contributed by atoms with Crippen molar-refractivity contribution in [2.45, 2.75) is 20.1 Å². The van der Waals surface area contributed by atoms with Gasteiger partial charge in [-0.25, -0.2) is 0 Å². The van der Waals surface area contributed by atoms with Crippen LogP contribution >= 0.6 is 0 Å². The summed E-state index contributed by atoms with van der Waals surface area (Å²) < 4.78 is 1.75. The van der Waals surface area contributed by atoms with Gasteiger partial charge in [0.15, 0.2) is 0 Å². The topological polar surface area (TPSA) is 63.8 Å². The Kier molecular flexibility index (Phi) is 2.73. The third-order valence-corrected chi connectivity index (χ3v) is 2.15. The summed E-state index contributed by atoms with van der Waals surface area (Å²) in [4.78, 5) is 8.13. The van der Waals surface area contributed by atoms with E-state index in [1.54, 1.807) is 23.3 Å². The van der Waals surface area contributed by atoms with Crippen molar-refractivity contribution >= 4 is 0 Å².